The van der Waals surface area contributed by atoms with E-state index in [9.17, 15) is 14.4 Å². The zero-order valence-corrected chi connectivity index (χ0v) is 18.9. The molecule has 0 aliphatic rings. The number of nitriles is 1. The van der Waals surface area contributed by atoms with Crippen LogP contribution in [0.1, 0.15) is 15.9 Å². The van der Waals surface area contributed by atoms with Gasteiger partial charge in [0.15, 0.2) is 5.82 Å². The molecule has 1 amide bonds. The molecule has 0 spiro atoms. The second kappa shape index (κ2) is 9.91. The second-order valence-corrected chi connectivity index (χ2v) is 7.89. The molecule has 174 valence electrons. The van der Waals surface area contributed by atoms with Crippen molar-refractivity contribution in [1.82, 2.24) is 9.97 Å². The molecular formula is C28H19FN6O. The molecule has 0 atom stereocenters. The lowest BCUT2D eigenvalue weighted by Crippen LogP contribution is -2.13. The molecular weight excluding hydrogens is 455 g/mol. The first-order valence-corrected chi connectivity index (χ1v) is 11.0. The molecule has 2 heterocycles. The summed E-state index contributed by atoms with van der Waals surface area (Å²) in [6, 6.07) is 24.3. The van der Waals surface area contributed by atoms with E-state index in [2.05, 4.69) is 32.0 Å². The number of anilines is 5. The van der Waals surface area contributed by atoms with Crippen LogP contribution in [-0.4, -0.2) is 15.9 Å². The maximum atomic E-state index is 15.0. The molecule has 3 N–H and O–H groups in total. The zero-order valence-electron chi connectivity index (χ0n) is 18.9. The predicted octanol–water partition coefficient (Wildman–Crippen LogP) is 6.38. The van der Waals surface area contributed by atoms with Crippen LogP contribution in [-0.2, 0) is 0 Å². The van der Waals surface area contributed by atoms with Gasteiger partial charge in [0.25, 0.3) is 5.91 Å². The van der Waals surface area contributed by atoms with Crippen molar-refractivity contribution in [2.24, 2.45) is 0 Å². The van der Waals surface area contributed by atoms with E-state index < -0.39 is 11.7 Å². The summed E-state index contributed by atoms with van der Waals surface area (Å²) in [7, 11) is 0. The van der Waals surface area contributed by atoms with Crippen LogP contribution < -0.4 is 16.0 Å². The minimum Gasteiger partial charge on any atom is -0.355 e. The molecule has 7 nitrogen and oxygen atoms in total. The number of rotatable bonds is 6. The number of aromatic nitrogens is 2. The molecule has 0 aliphatic carbocycles. The summed E-state index contributed by atoms with van der Waals surface area (Å²) < 4.78 is 15.0. The Balaban J connectivity index is 1.31. The summed E-state index contributed by atoms with van der Waals surface area (Å²) in [5, 5.41) is 18.9. The molecule has 5 rings (SSSR count). The summed E-state index contributed by atoms with van der Waals surface area (Å²) in [6.07, 6.45) is 4.89. The van der Waals surface area contributed by atoms with Gasteiger partial charge in [0.1, 0.15) is 0 Å². The van der Waals surface area contributed by atoms with Gasteiger partial charge in [-0.05, 0) is 72.8 Å². The summed E-state index contributed by atoms with van der Waals surface area (Å²) in [5.41, 5.74) is 4.20. The number of amides is 1. The Kier molecular flexibility index (Phi) is 6.19. The molecule has 0 aliphatic heterocycles. The number of halogens is 1. The average molecular weight is 474 g/mol. The quantitative estimate of drug-likeness (QED) is 0.264. The highest BCUT2D eigenvalue weighted by molar-refractivity contribution is 6.05. The number of benzene rings is 3. The van der Waals surface area contributed by atoms with Gasteiger partial charge in [-0.3, -0.25) is 14.8 Å². The fourth-order valence-corrected chi connectivity index (χ4v) is 3.70. The molecule has 0 fully saturated rings. The van der Waals surface area contributed by atoms with E-state index in [0.717, 1.165) is 22.3 Å². The highest BCUT2D eigenvalue weighted by Crippen LogP contribution is 2.28. The molecule has 5 aromatic rings. The molecule has 0 saturated heterocycles. The number of hydrogen-bond donors (Lipinski definition) is 3. The first kappa shape index (κ1) is 22.5. The van der Waals surface area contributed by atoms with Crippen LogP contribution >= 0.6 is 0 Å². The minimum absolute atomic E-state index is 0.0674. The first-order chi connectivity index (χ1) is 17.6. The monoisotopic (exact) mass is 474 g/mol. The molecule has 36 heavy (non-hydrogen) atoms. The van der Waals surface area contributed by atoms with Crippen LogP contribution in [0, 0.1) is 17.1 Å². The number of hydrogen-bond acceptors (Lipinski definition) is 6. The van der Waals surface area contributed by atoms with Gasteiger partial charge in [0.05, 0.1) is 28.5 Å². The fraction of sp³-hybridized carbons (Fsp3) is 0. The lowest BCUT2D eigenvalue weighted by molar-refractivity contribution is 0.102. The van der Waals surface area contributed by atoms with E-state index in [0.29, 0.717) is 16.8 Å². The number of pyridine rings is 2. The molecule has 0 bridgehead atoms. The van der Waals surface area contributed by atoms with Gasteiger partial charge in [-0.1, -0.05) is 6.07 Å². The lowest BCUT2D eigenvalue weighted by atomic mass is 10.1. The zero-order chi connectivity index (χ0) is 24.9. The van der Waals surface area contributed by atoms with Crippen LogP contribution in [0.3, 0.4) is 0 Å². The van der Waals surface area contributed by atoms with Crippen molar-refractivity contribution in [3.8, 4) is 6.07 Å². The Hall–Kier alpha value is -5.29. The van der Waals surface area contributed by atoms with Gasteiger partial charge in [0.2, 0.25) is 0 Å². The largest absolute Gasteiger partial charge is 0.355 e. The van der Waals surface area contributed by atoms with Crippen LogP contribution in [0.4, 0.5) is 32.8 Å². The smallest absolute Gasteiger partial charge is 0.255 e. The van der Waals surface area contributed by atoms with E-state index in [4.69, 9.17) is 0 Å². The van der Waals surface area contributed by atoms with E-state index in [1.807, 2.05) is 6.07 Å². The van der Waals surface area contributed by atoms with Crippen molar-refractivity contribution in [3.63, 3.8) is 0 Å². The third-order valence-corrected chi connectivity index (χ3v) is 5.50. The fourth-order valence-electron chi connectivity index (χ4n) is 3.70. The van der Waals surface area contributed by atoms with Crippen LogP contribution in [0.15, 0.2) is 97.5 Å². The Bertz CT molecular complexity index is 1600. The average Bonchev–Trinajstić information content (AvgIpc) is 2.92. The Labute approximate surface area is 206 Å². The van der Waals surface area contributed by atoms with E-state index in [1.54, 1.807) is 85.3 Å². The van der Waals surface area contributed by atoms with Crippen LogP contribution in [0.25, 0.3) is 10.9 Å². The van der Waals surface area contributed by atoms with Gasteiger partial charge < -0.3 is 16.0 Å². The van der Waals surface area contributed by atoms with Gasteiger partial charge in [0, 0.05) is 46.6 Å². The molecule has 8 heteroatoms. The van der Waals surface area contributed by atoms with Crippen molar-refractivity contribution in [2.45, 2.75) is 0 Å². The summed E-state index contributed by atoms with van der Waals surface area (Å²) in [6.45, 7) is 0. The van der Waals surface area contributed by atoms with Crippen LogP contribution in [0.5, 0.6) is 0 Å². The van der Waals surface area contributed by atoms with E-state index >= 15 is 0 Å². The Morgan fingerprint density at radius 3 is 2.31 bits per heavy atom. The van der Waals surface area contributed by atoms with Gasteiger partial charge in [-0.25, -0.2) is 4.39 Å². The van der Waals surface area contributed by atoms with Crippen molar-refractivity contribution < 1.29 is 9.18 Å². The van der Waals surface area contributed by atoms with E-state index in [-0.39, 0.29) is 11.4 Å². The predicted molar refractivity (Wildman–Crippen MR) is 138 cm³/mol. The lowest BCUT2D eigenvalue weighted by Gasteiger charge is -2.12. The highest BCUT2D eigenvalue weighted by Gasteiger charge is 2.13. The summed E-state index contributed by atoms with van der Waals surface area (Å²) in [5.74, 6) is -1.00. The normalized spacial score (nSPS) is 10.4. The maximum Gasteiger partial charge on any atom is 0.255 e. The summed E-state index contributed by atoms with van der Waals surface area (Å²) in [4.78, 5) is 21.1. The molecule has 0 unspecified atom stereocenters. The van der Waals surface area contributed by atoms with Gasteiger partial charge in [-0.15, -0.1) is 0 Å². The third-order valence-electron chi connectivity index (χ3n) is 5.50. The summed E-state index contributed by atoms with van der Waals surface area (Å²) >= 11 is 0. The molecule has 2 aromatic heterocycles. The Morgan fingerprint density at radius 1 is 0.806 bits per heavy atom. The van der Waals surface area contributed by atoms with Gasteiger partial charge >= 0.3 is 0 Å². The maximum absolute atomic E-state index is 15.0. The van der Waals surface area contributed by atoms with Crippen molar-refractivity contribution in [3.05, 3.63) is 114 Å². The number of nitrogens with one attached hydrogen (secondary N) is 3. The molecule has 3 aromatic carbocycles. The standard InChI is InChI=1S/C28H19FN6O/c29-27-25(34-21-10-13-31-14-11-21)2-1-3-26(27)35-28(36)19-5-7-20(8-6-19)33-24-12-15-32-23-9-4-18(17-30)16-22(23)24/h1-16H,(H,31,34)(H,32,33)(H,35,36). The van der Waals surface area contributed by atoms with Crippen LogP contribution in [0.2, 0.25) is 0 Å². The van der Waals surface area contributed by atoms with Crippen molar-refractivity contribution in [1.29, 1.82) is 5.26 Å². The number of carbonyl (C=O) groups excluding carboxylic acids is 1. The Morgan fingerprint density at radius 2 is 1.53 bits per heavy atom. The minimum atomic E-state index is -0.567. The SMILES string of the molecule is N#Cc1ccc2nccc(Nc3ccc(C(=O)Nc4cccc(Nc5ccncc5)c4F)cc3)c2c1. The molecule has 0 radical (unpaired) electrons. The molecule has 0 saturated carbocycles. The van der Waals surface area contributed by atoms with Gasteiger partial charge in [-0.2, -0.15) is 5.26 Å². The van der Waals surface area contributed by atoms with E-state index in [1.165, 1.54) is 6.07 Å². The van der Waals surface area contributed by atoms with Crippen molar-refractivity contribution >= 4 is 45.2 Å². The number of carbonyl (C=O) groups is 1. The second-order valence-electron chi connectivity index (χ2n) is 7.89. The topological polar surface area (TPSA) is 103 Å². The first-order valence-electron chi connectivity index (χ1n) is 11.0. The van der Waals surface area contributed by atoms with Crippen molar-refractivity contribution in [2.75, 3.05) is 16.0 Å². The number of nitrogens with zero attached hydrogens (tertiary/aromatic N) is 3. The number of fused-ring (bicyclic) bond motifs is 1. The highest BCUT2D eigenvalue weighted by atomic mass is 19.1. The third kappa shape index (κ3) is 4.81.